The van der Waals surface area contributed by atoms with Crippen molar-refractivity contribution in [1.29, 1.82) is 0 Å². The Morgan fingerprint density at radius 2 is 1.82 bits per heavy atom. The van der Waals surface area contributed by atoms with Crippen LogP contribution in [0.3, 0.4) is 0 Å². The summed E-state index contributed by atoms with van der Waals surface area (Å²) < 4.78 is 32.9. The van der Waals surface area contributed by atoms with Crippen LogP contribution in [0.4, 0.5) is 0 Å². The highest BCUT2D eigenvalue weighted by Gasteiger charge is 2.23. The zero-order chi connectivity index (χ0) is 16.8. The molecule has 1 rings (SSSR count). The summed E-state index contributed by atoms with van der Waals surface area (Å²) in [4.78, 5) is 0.268. The van der Waals surface area contributed by atoms with Gasteiger partial charge in [0.15, 0.2) is 0 Å². The highest BCUT2D eigenvalue weighted by molar-refractivity contribution is 8.69. The highest BCUT2D eigenvalue weighted by Crippen LogP contribution is 2.62. The first kappa shape index (κ1) is 20.1. The zero-order valence-electron chi connectivity index (χ0n) is 13.4. The van der Waals surface area contributed by atoms with Crippen molar-refractivity contribution in [3.63, 3.8) is 0 Å². The monoisotopic (exact) mass is 381 g/mol. The van der Waals surface area contributed by atoms with Gasteiger partial charge in [0.25, 0.3) is 0 Å². The molecule has 0 fully saturated rings. The lowest BCUT2D eigenvalue weighted by atomic mass is 10.4. The number of nitrogens with one attached hydrogen (secondary N) is 1. The van der Waals surface area contributed by atoms with Gasteiger partial charge in [-0.25, -0.2) is 13.1 Å². The lowest BCUT2D eigenvalue weighted by molar-refractivity contribution is 0.275. The molecule has 1 aromatic carbocycles. The number of benzene rings is 1. The molecule has 1 aromatic rings. The SMILES string of the molecule is CC(C)OP(=S)(CCNS(=O)(=O)c1ccccc1)SC(C)C. The summed E-state index contributed by atoms with van der Waals surface area (Å²) >= 11 is 7.32. The number of hydrogen-bond acceptors (Lipinski definition) is 5. The van der Waals surface area contributed by atoms with Crippen LogP contribution in [-0.4, -0.2) is 32.5 Å². The molecule has 0 saturated heterocycles. The molecule has 22 heavy (non-hydrogen) atoms. The molecule has 0 heterocycles. The van der Waals surface area contributed by atoms with E-state index in [1.807, 2.05) is 13.8 Å². The van der Waals surface area contributed by atoms with Gasteiger partial charge in [0.2, 0.25) is 10.0 Å². The lowest BCUT2D eigenvalue weighted by Crippen LogP contribution is -2.27. The molecular weight excluding hydrogens is 357 g/mol. The Labute approximate surface area is 143 Å². The van der Waals surface area contributed by atoms with E-state index in [1.54, 1.807) is 41.7 Å². The van der Waals surface area contributed by atoms with Crippen LogP contribution < -0.4 is 4.72 Å². The molecule has 0 aliphatic rings. The van der Waals surface area contributed by atoms with Crippen molar-refractivity contribution < 1.29 is 12.9 Å². The molecule has 1 unspecified atom stereocenters. The van der Waals surface area contributed by atoms with Crippen LogP contribution in [0.1, 0.15) is 27.7 Å². The molecule has 0 spiro atoms. The summed E-state index contributed by atoms with van der Waals surface area (Å²) in [7, 11) is -3.48. The largest absolute Gasteiger partial charge is 0.339 e. The van der Waals surface area contributed by atoms with Gasteiger partial charge < -0.3 is 4.52 Å². The predicted octanol–water partition coefficient (Wildman–Crippen LogP) is 3.84. The minimum absolute atomic E-state index is 0.0443. The molecule has 0 aliphatic carbocycles. The lowest BCUT2D eigenvalue weighted by Gasteiger charge is -2.25. The van der Waals surface area contributed by atoms with Crippen LogP contribution in [0.25, 0.3) is 0 Å². The average molecular weight is 382 g/mol. The second-order valence-corrected chi connectivity index (χ2v) is 15.0. The number of sulfonamides is 1. The summed E-state index contributed by atoms with van der Waals surface area (Å²) in [6, 6.07) is 8.34. The Bertz CT molecular complexity index is 589. The first-order valence-corrected chi connectivity index (χ1v) is 13.0. The zero-order valence-corrected chi connectivity index (χ0v) is 16.7. The predicted molar refractivity (Wildman–Crippen MR) is 99.7 cm³/mol. The second-order valence-electron chi connectivity index (χ2n) is 5.35. The van der Waals surface area contributed by atoms with Crippen molar-refractivity contribution in [2.24, 2.45) is 0 Å². The maximum absolute atomic E-state index is 12.2. The molecule has 0 aliphatic heterocycles. The van der Waals surface area contributed by atoms with E-state index < -0.39 is 15.5 Å². The van der Waals surface area contributed by atoms with Gasteiger partial charge in [-0.2, -0.15) is 0 Å². The Balaban J connectivity index is 2.68. The molecule has 0 saturated carbocycles. The topological polar surface area (TPSA) is 55.4 Å². The van der Waals surface area contributed by atoms with Crippen molar-refractivity contribution in [2.45, 2.75) is 43.9 Å². The van der Waals surface area contributed by atoms with Crippen molar-refractivity contribution in [2.75, 3.05) is 12.7 Å². The standard InChI is InChI=1S/C14H24NO3PS3/c1-12(2)18-19(20,21-13(3)4)11-10-15-22(16,17)14-8-6-5-7-9-14/h5-9,12-13,15H,10-11H2,1-4H3. The average Bonchev–Trinajstić information content (AvgIpc) is 2.37. The first-order chi connectivity index (χ1) is 10.1. The first-order valence-electron chi connectivity index (χ1n) is 7.15. The summed E-state index contributed by atoms with van der Waals surface area (Å²) in [5, 5.41) is 0.357. The molecule has 0 bridgehead atoms. The van der Waals surface area contributed by atoms with Crippen molar-refractivity contribution in [3.05, 3.63) is 30.3 Å². The minimum atomic E-state index is -3.48. The van der Waals surface area contributed by atoms with Crippen LogP contribution in [0.5, 0.6) is 0 Å². The summed E-state index contributed by atoms with van der Waals surface area (Å²) in [5.41, 5.74) is -2.09. The molecule has 8 heteroatoms. The van der Waals surface area contributed by atoms with Gasteiger partial charge in [-0.1, -0.05) is 55.2 Å². The summed E-state index contributed by atoms with van der Waals surface area (Å²) in [6.07, 6.45) is 0.581. The minimum Gasteiger partial charge on any atom is -0.339 e. The van der Waals surface area contributed by atoms with Gasteiger partial charge in [-0.05, 0) is 26.0 Å². The molecule has 1 atom stereocenters. The van der Waals surface area contributed by atoms with E-state index in [2.05, 4.69) is 18.6 Å². The highest BCUT2D eigenvalue weighted by atomic mass is 32.9. The quantitative estimate of drug-likeness (QED) is 0.659. The molecule has 0 radical (unpaired) electrons. The van der Waals surface area contributed by atoms with Gasteiger partial charge in [-0.15, -0.1) is 0 Å². The van der Waals surface area contributed by atoms with Crippen LogP contribution >= 0.6 is 16.8 Å². The van der Waals surface area contributed by atoms with E-state index in [-0.39, 0.29) is 11.0 Å². The third-order valence-corrected chi connectivity index (χ3v) is 10.8. The third-order valence-electron chi connectivity index (χ3n) is 2.47. The summed E-state index contributed by atoms with van der Waals surface area (Å²) in [6.45, 7) is 8.35. The van der Waals surface area contributed by atoms with Crippen LogP contribution in [0.15, 0.2) is 35.2 Å². The fourth-order valence-electron chi connectivity index (χ4n) is 1.77. The van der Waals surface area contributed by atoms with Gasteiger partial charge in [0.05, 0.1) is 11.0 Å². The van der Waals surface area contributed by atoms with Gasteiger partial charge in [0.1, 0.15) is 5.47 Å². The molecule has 1 N–H and O–H groups in total. The fraction of sp³-hybridized carbons (Fsp3) is 0.571. The van der Waals surface area contributed by atoms with Crippen molar-refractivity contribution in [3.8, 4) is 0 Å². The van der Waals surface area contributed by atoms with Crippen molar-refractivity contribution >= 4 is 38.7 Å². The van der Waals surface area contributed by atoms with Crippen LogP contribution in [0.2, 0.25) is 0 Å². The maximum Gasteiger partial charge on any atom is 0.240 e. The number of hydrogen-bond donors (Lipinski definition) is 1. The molecule has 0 aromatic heterocycles. The third kappa shape index (κ3) is 7.11. The van der Waals surface area contributed by atoms with Crippen LogP contribution in [-0.2, 0) is 26.4 Å². The summed E-state index contributed by atoms with van der Waals surface area (Å²) in [5.74, 6) is 0. The number of rotatable bonds is 9. The molecule has 4 nitrogen and oxygen atoms in total. The van der Waals surface area contributed by atoms with Crippen LogP contribution in [0, 0.1) is 0 Å². The molecule has 126 valence electrons. The Kier molecular flexibility index (Phi) is 8.06. The van der Waals surface area contributed by atoms with E-state index in [0.29, 0.717) is 18.0 Å². The maximum atomic E-state index is 12.2. The van der Waals surface area contributed by atoms with E-state index in [9.17, 15) is 8.42 Å². The molecule has 0 amide bonds. The van der Waals surface area contributed by atoms with E-state index in [0.717, 1.165) is 0 Å². The molecular formula is C14H24NO3PS3. The fourth-order valence-corrected chi connectivity index (χ4v) is 10.4. The second kappa shape index (κ2) is 8.81. The van der Waals surface area contributed by atoms with E-state index in [4.69, 9.17) is 16.3 Å². The normalized spacial score (nSPS) is 15.2. The van der Waals surface area contributed by atoms with Gasteiger partial charge in [-0.3, -0.25) is 0 Å². The van der Waals surface area contributed by atoms with Gasteiger partial charge in [0, 0.05) is 18.0 Å². The Hall–Kier alpha value is 0.0900. The van der Waals surface area contributed by atoms with Crippen molar-refractivity contribution in [1.82, 2.24) is 4.72 Å². The Morgan fingerprint density at radius 3 is 2.32 bits per heavy atom. The van der Waals surface area contributed by atoms with E-state index in [1.165, 1.54) is 0 Å². The smallest absolute Gasteiger partial charge is 0.240 e. The van der Waals surface area contributed by atoms with E-state index >= 15 is 0 Å². The Morgan fingerprint density at radius 1 is 1.23 bits per heavy atom. The van der Waals surface area contributed by atoms with Gasteiger partial charge >= 0.3 is 0 Å².